The van der Waals surface area contributed by atoms with Crippen LogP contribution in [0.15, 0.2) is 10.7 Å². The molecular formula is C15H21N5OS2. The maximum atomic E-state index is 5.49. The Hall–Kier alpha value is -0.960. The van der Waals surface area contributed by atoms with Crippen molar-refractivity contribution in [3.05, 3.63) is 6.33 Å². The molecule has 0 amide bonds. The molecule has 1 unspecified atom stereocenters. The summed E-state index contributed by atoms with van der Waals surface area (Å²) < 4.78 is 7.67. The van der Waals surface area contributed by atoms with E-state index in [2.05, 4.69) is 31.0 Å². The Kier molecular flexibility index (Phi) is 4.66. The first-order chi connectivity index (χ1) is 11.3. The van der Waals surface area contributed by atoms with Crippen LogP contribution in [0.1, 0.15) is 6.42 Å². The fraction of sp³-hybridized carbons (Fsp3) is 0.667. The first-order valence-corrected chi connectivity index (χ1v) is 10.1. The van der Waals surface area contributed by atoms with Gasteiger partial charge in [-0.2, -0.15) is 0 Å². The van der Waals surface area contributed by atoms with Gasteiger partial charge in [0.15, 0.2) is 15.8 Å². The van der Waals surface area contributed by atoms with Crippen molar-refractivity contribution in [2.45, 2.75) is 10.8 Å². The number of piperazine rings is 1. The molecule has 0 aromatic carbocycles. The number of ether oxygens (including phenoxy) is 1. The van der Waals surface area contributed by atoms with E-state index >= 15 is 0 Å². The Balaban J connectivity index is 1.44. The van der Waals surface area contributed by atoms with E-state index in [9.17, 15) is 0 Å². The molecule has 8 heteroatoms. The van der Waals surface area contributed by atoms with Crippen molar-refractivity contribution < 1.29 is 4.74 Å². The van der Waals surface area contributed by atoms with Crippen LogP contribution in [0.25, 0.3) is 10.3 Å². The molecule has 2 aromatic rings. The molecule has 2 aliphatic rings. The third-order valence-corrected chi connectivity index (χ3v) is 6.57. The third kappa shape index (κ3) is 3.31. The monoisotopic (exact) mass is 351 g/mol. The van der Waals surface area contributed by atoms with E-state index < -0.39 is 0 Å². The molecule has 2 aromatic heterocycles. The summed E-state index contributed by atoms with van der Waals surface area (Å²) in [4.78, 5) is 18.4. The van der Waals surface area contributed by atoms with E-state index in [0.717, 1.165) is 65.8 Å². The molecule has 2 aliphatic heterocycles. The molecule has 4 heterocycles. The summed E-state index contributed by atoms with van der Waals surface area (Å²) in [6, 6.07) is 0. The summed E-state index contributed by atoms with van der Waals surface area (Å²) in [6.07, 6.45) is 4.91. The normalized spacial score (nSPS) is 23.0. The first-order valence-electron chi connectivity index (χ1n) is 8.04. The fourth-order valence-corrected chi connectivity index (χ4v) is 4.80. The standard InChI is InChI=1S/C15H21N5OS2/c1-22-15-18-13-12(23-15)14(17-10-16-13)20-5-3-19(4-6-20)8-11-2-7-21-9-11/h10-11H,2-9H2,1H3. The number of aromatic nitrogens is 3. The lowest BCUT2D eigenvalue weighted by Gasteiger charge is -2.36. The highest BCUT2D eigenvalue weighted by atomic mass is 32.2. The number of hydrogen-bond donors (Lipinski definition) is 0. The summed E-state index contributed by atoms with van der Waals surface area (Å²) >= 11 is 3.37. The number of fused-ring (bicyclic) bond motifs is 1. The molecule has 23 heavy (non-hydrogen) atoms. The Morgan fingerprint density at radius 1 is 1.30 bits per heavy atom. The van der Waals surface area contributed by atoms with Gasteiger partial charge in [0.1, 0.15) is 11.0 Å². The summed E-state index contributed by atoms with van der Waals surface area (Å²) in [5, 5.41) is 0. The zero-order valence-corrected chi connectivity index (χ0v) is 14.9. The van der Waals surface area contributed by atoms with Crippen LogP contribution in [0.4, 0.5) is 5.82 Å². The molecule has 0 N–H and O–H groups in total. The molecule has 0 bridgehead atoms. The fourth-order valence-electron chi connectivity index (χ4n) is 3.27. The maximum absolute atomic E-state index is 5.49. The van der Waals surface area contributed by atoms with E-state index in [1.165, 1.54) is 13.0 Å². The smallest absolute Gasteiger partial charge is 0.176 e. The lowest BCUT2D eigenvalue weighted by Crippen LogP contribution is -2.48. The summed E-state index contributed by atoms with van der Waals surface area (Å²) in [5.74, 6) is 1.77. The zero-order chi connectivity index (χ0) is 15.6. The van der Waals surface area contributed by atoms with Gasteiger partial charge in [-0.15, -0.1) is 11.3 Å². The van der Waals surface area contributed by atoms with Crippen LogP contribution in [0.2, 0.25) is 0 Å². The Morgan fingerprint density at radius 2 is 2.17 bits per heavy atom. The minimum atomic E-state index is 0.720. The average molecular weight is 352 g/mol. The number of rotatable bonds is 4. The van der Waals surface area contributed by atoms with Gasteiger partial charge >= 0.3 is 0 Å². The summed E-state index contributed by atoms with van der Waals surface area (Å²) in [5.41, 5.74) is 0.829. The molecular weight excluding hydrogens is 330 g/mol. The SMILES string of the molecule is CSc1nc2ncnc(N3CCN(CC4CCOC4)CC3)c2s1. The second-order valence-corrected chi connectivity index (χ2v) is 8.10. The van der Waals surface area contributed by atoms with Crippen LogP contribution in [0, 0.1) is 5.92 Å². The van der Waals surface area contributed by atoms with Crippen molar-refractivity contribution in [1.29, 1.82) is 0 Å². The molecule has 2 fully saturated rings. The van der Waals surface area contributed by atoms with Crippen LogP contribution < -0.4 is 4.90 Å². The lowest BCUT2D eigenvalue weighted by atomic mass is 10.1. The van der Waals surface area contributed by atoms with E-state index in [1.54, 1.807) is 29.4 Å². The first kappa shape index (κ1) is 15.6. The van der Waals surface area contributed by atoms with Crippen LogP contribution in [-0.2, 0) is 4.74 Å². The lowest BCUT2D eigenvalue weighted by molar-refractivity contribution is 0.164. The van der Waals surface area contributed by atoms with Gasteiger partial charge in [0.25, 0.3) is 0 Å². The summed E-state index contributed by atoms with van der Waals surface area (Å²) in [7, 11) is 0. The predicted molar refractivity (Wildman–Crippen MR) is 94.6 cm³/mol. The van der Waals surface area contributed by atoms with E-state index in [1.807, 2.05) is 0 Å². The number of hydrogen-bond acceptors (Lipinski definition) is 8. The van der Waals surface area contributed by atoms with E-state index in [0.29, 0.717) is 0 Å². The van der Waals surface area contributed by atoms with Gasteiger partial charge in [0.2, 0.25) is 0 Å². The van der Waals surface area contributed by atoms with Crippen molar-refractivity contribution in [2.24, 2.45) is 5.92 Å². The molecule has 0 radical (unpaired) electrons. The second-order valence-electron chi connectivity index (χ2n) is 6.05. The predicted octanol–water partition coefficient (Wildman–Crippen LogP) is 1.97. The van der Waals surface area contributed by atoms with Crippen molar-refractivity contribution in [1.82, 2.24) is 19.9 Å². The minimum absolute atomic E-state index is 0.720. The summed E-state index contributed by atoms with van der Waals surface area (Å²) in [6.45, 7) is 7.27. The van der Waals surface area contributed by atoms with Crippen molar-refractivity contribution in [3.8, 4) is 0 Å². The average Bonchev–Trinajstić information content (AvgIpc) is 3.24. The highest BCUT2D eigenvalue weighted by Crippen LogP contribution is 2.33. The van der Waals surface area contributed by atoms with Crippen LogP contribution >= 0.6 is 23.1 Å². The Labute approximate surface area is 144 Å². The minimum Gasteiger partial charge on any atom is -0.381 e. The topological polar surface area (TPSA) is 54.4 Å². The van der Waals surface area contributed by atoms with Gasteiger partial charge < -0.3 is 9.64 Å². The van der Waals surface area contributed by atoms with E-state index in [4.69, 9.17) is 4.74 Å². The quantitative estimate of drug-likeness (QED) is 0.781. The molecule has 6 nitrogen and oxygen atoms in total. The molecule has 0 aliphatic carbocycles. The largest absolute Gasteiger partial charge is 0.381 e. The van der Waals surface area contributed by atoms with Crippen molar-refractivity contribution >= 4 is 39.3 Å². The van der Waals surface area contributed by atoms with Crippen LogP contribution in [0.5, 0.6) is 0 Å². The Bertz CT molecular complexity index is 665. The molecule has 4 rings (SSSR count). The molecule has 0 saturated carbocycles. The van der Waals surface area contributed by atoms with Gasteiger partial charge in [-0.1, -0.05) is 11.8 Å². The molecule has 2 saturated heterocycles. The zero-order valence-electron chi connectivity index (χ0n) is 13.3. The van der Waals surface area contributed by atoms with Gasteiger partial charge in [-0.05, 0) is 18.6 Å². The second kappa shape index (κ2) is 6.88. The Morgan fingerprint density at radius 3 is 2.91 bits per heavy atom. The molecule has 124 valence electrons. The van der Waals surface area contributed by atoms with Crippen molar-refractivity contribution in [3.63, 3.8) is 0 Å². The third-order valence-electron chi connectivity index (χ3n) is 4.54. The highest BCUT2D eigenvalue weighted by molar-refractivity contribution is 8.00. The maximum Gasteiger partial charge on any atom is 0.176 e. The molecule has 0 spiro atoms. The molecule has 1 atom stereocenters. The number of nitrogens with zero attached hydrogens (tertiary/aromatic N) is 5. The van der Waals surface area contributed by atoms with Crippen LogP contribution in [0.3, 0.4) is 0 Å². The van der Waals surface area contributed by atoms with Gasteiger partial charge in [0.05, 0.1) is 6.61 Å². The number of thioether (sulfide) groups is 1. The highest BCUT2D eigenvalue weighted by Gasteiger charge is 2.24. The number of thiazole rings is 1. The van der Waals surface area contributed by atoms with Crippen LogP contribution in [-0.4, -0.2) is 72.0 Å². The van der Waals surface area contributed by atoms with E-state index in [-0.39, 0.29) is 0 Å². The van der Waals surface area contributed by atoms with Crippen molar-refractivity contribution in [2.75, 3.05) is 57.1 Å². The number of anilines is 1. The van der Waals surface area contributed by atoms with Gasteiger partial charge in [-0.3, -0.25) is 4.90 Å². The van der Waals surface area contributed by atoms with Gasteiger partial charge in [0, 0.05) is 39.3 Å². The van der Waals surface area contributed by atoms with Gasteiger partial charge in [-0.25, -0.2) is 15.0 Å².